The van der Waals surface area contributed by atoms with E-state index in [1.54, 1.807) is 0 Å². The molecule has 0 aliphatic heterocycles. The maximum atomic E-state index is 6.08. The van der Waals surface area contributed by atoms with E-state index in [4.69, 9.17) is 4.42 Å². The van der Waals surface area contributed by atoms with Gasteiger partial charge in [-0.1, -0.05) is 0 Å². The Labute approximate surface area is 137 Å². The van der Waals surface area contributed by atoms with Gasteiger partial charge in [0.25, 0.3) is 0 Å². The molecule has 0 aliphatic rings. The van der Waals surface area contributed by atoms with Crippen molar-refractivity contribution < 1.29 is 4.42 Å². The maximum absolute atomic E-state index is 6.08. The Morgan fingerprint density at radius 1 is 1.17 bits per heavy atom. The van der Waals surface area contributed by atoms with Gasteiger partial charge in [-0.3, -0.25) is 0 Å². The summed E-state index contributed by atoms with van der Waals surface area (Å²) in [6, 6.07) is 10.3. The summed E-state index contributed by atoms with van der Waals surface area (Å²) in [4.78, 5) is 6.61. The minimum atomic E-state index is 0.488. The van der Waals surface area contributed by atoms with Gasteiger partial charge in [-0.05, 0) is 0 Å². The summed E-state index contributed by atoms with van der Waals surface area (Å²) in [5.41, 5.74) is 3.55. The number of rotatable bonds is 4. The average molecular weight is 304 g/mol. The number of hydrogen-bond acceptors (Lipinski definition) is 3. The molecule has 3 rings (SSSR count). The number of aromatic nitrogens is 1. The van der Waals surface area contributed by atoms with Crippen LogP contribution in [0.3, 0.4) is 0 Å². The molecular formula is C19H21BN2O. The molecular weight excluding hydrogens is 283 g/mol. The SMILES string of the molecule is C/C=C\N(C=BC(C)C)c1cccc2c1oc1nc(C)ccc12. The third-order valence-electron chi connectivity index (χ3n) is 3.70. The molecule has 0 atom stereocenters. The van der Waals surface area contributed by atoms with Crippen molar-refractivity contribution in [3.05, 3.63) is 48.3 Å². The Morgan fingerprint density at radius 3 is 2.74 bits per heavy atom. The average Bonchev–Trinajstić information content (AvgIpc) is 2.88. The van der Waals surface area contributed by atoms with Gasteiger partial charge < -0.3 is 0 Å². The Kier molecular flexibility index (Phi) is 4.33. The van der Waals surface area contributed by atoms with E-state index in [0.717, 1.165) is 27.7 Å². The van der Waals surface area contributed by atoms with Gasteiger partial charge in [0.15, 0.2) is 0 Å². The minimum absolute atomic E-state index is 0.488. The molecule has 23 heavy (non-hydrogen) atoms. The molecule has 0 aliphatic carbocycles. The summed E-state index contributed by atoms with van der Waals surface area (Å²) in [5, 5.41) is 2.15. The first-order valence-electron chi connectivity index (χ1n) is 7.98. The third kappa shape index (κ3) is 3.07. The van der Waals surface area contributed by atoms with Gasteiger partial charge in [-0.25, -0.2) is 0 Å². The van der Waals surface area contributed by atoms with E-state index in [1.807, 2.05) is 32.2 Å². The molecule has 1 aromatic carbocycles. The number of benzene rings is 1. The molecule has 0 saturated carbocycles. The van der Waals surface area contributed by atoms with Crippen molar-refractivity contribution in [1.29, 1.82) is 0 Å². The van der Waals surface area contributed by atoms with Crippen LogP contribution in [-0.2, 0) is 0 Å². The van der Waals surface area contributed by atoms with E-state index in [0.29, 0.717) is 11.5 Å². The first-order chi connectivity index (χ1) is 11.1. The number of anilines is 1. The molecule has 0 N–H and O–H groups in total. The summed E-state index contributed by atoms with van der Waals surface area (Å²) in [6.45, 7) is 10.5. The number of hydrogen-bond donors (Lipinski definition) is 0. The molecule has 2 heterocycles. The monoisotopic (exact) mass is 304 g/mol. The standard InChI is InChI=1S/C19H21BN2O/c1-5-11-22(12-20-13(2)3)17-8-6-7-15-16-10-9-14(4)21-19(16)23-18(15)17/h5-13H,1-4H3/b11-5-. The molecule has 4 heteroatoms. The zero-order valence-electron chi connectivity index (χ0n) is 14.1. The molecule has 0 fully saturated rings. The second-order valence-electron chi connectivity index (χ2n) is 6.04. The van der Waals surface area contributed by atoms with Gasteiger partial charge in [0.1, 0.15) is 0 Å². The summed E-state index contributed by atoms with van der Waals surface area (Å²) >= 11 is 0. The fourth-order valence-electron chi connectivity index (χ4n) is 2.60. The van der Waals surface area contributed by atoms with Gasteiger partial charge >= 0.3 is 137 Å². The van der Waals surface area contributed by atoms with Crippen LogP contribution in [0.5, 0.6) is 0 Å². The Hall–Kier alpha value is -2.36. The number of aryl methyl sites for hydroxylation is 1. The summed E-state index contributed by atoms with van der Waals surface area (Å²) in [6.07, 6.45) is 6.15. The van der Waals surface area contributed by atoms with E-state index in [1.165, 1.54) is 0 Å². The second-order valence-corrected chi connectivity index (χ2v) is 6.04. The Bertz CT molecular complexity index is 893. The number of nitrogens with zero attached hydrogens (tertiary/aromatic N) is 2. The molecule has 2 aromatic heterocycles. The van der Waals surface area contributed by atoms with Crippen LogP contribution in [0.25, 0.3) is 22.1 Å². The number of allylic oxidation sites excluding steroid dienone is 1. The van der Waals surface area contributed by atoms with Crippen molar-refractivity contribution in [3.63, 3.8) is 0 Å². The van der Waals surface area contributed by atoms with Gasteiger partial charge in [0.05, 0.1) is 0 Å². The number of para-hydroxylation sites is 1. The normalized spacial score (nSPS) is 12.0. The third-order valence-corrected chi connectivity index (χ3v) is 3.70. The molecule has 116 valence electrons. The molecule has 0 spiro atoms. The Balaban J connectivity index is 2.21. The number of furan rings is 1. The van der Waals surface area contributed by atoms with Crippen molar-refractivity contribution in [3.8, 4) is 0 Å². The number of fused-ring (bicyclic) bond motifs is 3. The van der Waals surface area contributed by atoms with Gasteiger partial charge in [-0.2, -0.15) is 0 Å². The van der Waals surface area contributed by atoms with E-state index in [9.17, 15) is 0 Å². The van der Waals surface area contributed by atoms with Crippen molar-refractivity contribution >= 4 is 40.8 Å². The van der Waals surface area contributed by atoms with E-state index in [2.05, 4.69) is 61.0 Å². The van der Waals surface area contributed by atoms with E-state index in [-0.39, 0.29) is 0 Å². The summed E-state index contributed by atoms with van der Waals surface area (Å²) in [5.74, 6) is 0.488. The van der Waals surface area contributed by atoms with Crippen LogP contribution in [-0.4, -0.2) is 18.0 Å². The van der Waals surface area contributed by atoms with Crippen LogP contribution in [0, 0.1) is 6.92 Å². The quantitative estimate of drug-likeness (QED) is 0.641. The second kappa shape index (κ2) is 6.41. The summed E-state index contributed by atoms with van der Waals surface area (Å²) < 4.78 is 6.08. The first kappa shape index (κ1) is 15.5. The van der Waals surface area contributed by atoms with Crippen LogP contribution in [0.4, 0.5) is 5.69 Å². The molecule has 3 aromatic rings. The van der Waals surface area contributed by atoms with Crippen LogP contribution >= 0.6 is 0 Å². The van der Waals surface area contributed by atoms with Crippen molar-refractivity contribution in [2.45, 2.75) is 33.5 Å². The molecule has 0 radical (unpaired) electrons. The van der Waals surface area contributed by atoms with Crippen LogP contribution in [0.2, 0.25) is 5.82 Å². The Morgan fingerprint density at radius 2 is 2.00 bits per heavy atom. The molecule has 0 saturated heterocycles. The van der Waals surface area contributed by atoms with Crippen molar-refractivity contribution in [1.82, 2.24) is 4.98 Å². The molecule has 3 nitrogen and oxygen atoms in total. The van der Waals surface area contributed by atoms with E-state index < -0.39 is 0 Å². The van der Waals surface area contributed by atoms with Crippen LogP contribution in [0.1, 0.15) is 26.5 Å². The zero-order chi connectivity index (χ0) is 16.4. The fraction of sp³-hybridized carbons (Fsp3) is 0.263. The molecule has 0 amide bonds. The van der Waals surface area contributed by atoms with Crippen LogP contribution in [0.15, 0.2) is 47.0 Å². The molecule has 0 unspecified atom stereocenters. The number of pyridine rings is 1. The van der Waals surface area contributed by atoms with E-state index >= 15 is 0 Å². The fourth-order valence-corrected chi connectivity index (χ4v) is 2.60. The van der Waals surface area contributed by atoms with Crippen molar-refractivity contribution in [2.24, 2.45) is 0 Å². The predicted molar refractivity (Wildman–Crippen MR) is 100 cm³/mol. The predicted octanol–water partition coefficient (Wildman–Crippen LogP) is 4.92. The van der Waals surface area contributed by atoms with Gasteiger partial charge in [0.2, 0.25) is 0 Å². The zero-order valence-corrected chi connectivity index (χ0v) is 14.1. The first-order valence-corrected chi connectivity index (χ1v) is 7.98. The van der Waals surface area contributed by atoms with Gasteiger partial charge in [-0.15, -0.1) is 0 Å². The topological polar surface area (TPSA) is 29.3 Å². The van der Waals surface area contributed by atoms with Crippen molar-refractivity contribution in [2.75, 3.05) is 4.90 Å². The van der Waals surface area contributed by atoms with Gasteiger partial charge in [0, 0.05) is 0 Å². The molecule has 0 bridgehead atoms. The van der Waals surface area contributed by atoms with Crippen LogP contribution < -0.4 is 4.90 Å². The summed E-state index contributed by atoms with van der Waals surface area (Å²) in [7, 11) is 0.